The molecule has 0 aliphatic carbocycles. The van der Waals surface area contributed by atoms with Crippen molar-refractivity contribution in [2.75, 3.05) is 0 Å². The summed E-state index contributed by atoms with van der Waals surface area (Å²) in [6.45, 7) is 6.77. The first-order valence-corrected chi connectivity index (χ1v) is 15.8. The van der Waals surface area contributed by atoms with Crippen LogP contribution in [0.5, 0.6) is 0 Å². The summed E-state index contributed by atoms with van der Waals surface area (Å²) >= 11 is 0. The number of furan rings is 1. The topological polar surface area (TPSA) is 38.9 Å². The third-order valence-electron chi connectivity index (χ3n) is 6.18. The normalized spacial score (nSPS) is 12.6. The average molecular weight is 694 g/mol. The predicted molar refractivity (Wildman–Crippen MR) is 157 cm³/mol. The smallest absolute Gasteiger partial charge is 0.120 e. The van der Waals surface area contributed by atoms with Gasteiger partial charge in [0, 0.05) is 50.1 Å². The quantitative estimate of drug-likeness (QED) is 0.139. The van der Waals surface area contributed by atoms with E-state index in [1.165, 1.54) is 23.0 Å². The number of aryl methyl sites for hydroxylation is 2. The van der Waals surface area contributed by atoms with Gasteiger partial charge in [-0.1, -0.05) is 72.0 Å². The van der Waals surface area contributed by atoms with Crippen molar-refractivity contribution in [1.82, 2.24) is 9.97 Å². The standard InChI is InChI=1S/C21H20NOSi.C12H10N.Ir/c1-14-11-12-22-17(13-14)15-9-10-19(24(2,3)4)20-16-7-5-6-8-18(16)23-21(15)20;1-10-7-8-13-12(9-10)11-5-3-2-4-6-11;/h5-8,10-13H,1-4H3;2-5,7-9H,1H3;/q2*-1;/i1D3;;. The van der Waals surface area contributed by atoms with Crippen LogP contribution in [0.15, 0.2) is 95.7 Å². The second-order valence-electron chi connectivity index (χ2n) is 10.1. The van der Waals surface area contributed by atoms with Crippen molar-refractivity contribution < 1.29 is 28.6 Å². The van der Waals surface area contributed by atoms with E-state index in [2.05, 4.69) is 60.8 Å². The van der Waals surface area contributed by atoms with Gasteiger partial charge in [0.05, 0.1) is 5.58 Å². The van der Waals surface area contributed by atoms with Crippen molar-refractivity contribution in [3.8, 4) is 22.5 Å². The van der Waals surface area contributed by atoms with Crippen LogP contribution in [0.1, 0.15) is 15.2 Å². The largest absolute Gasteiger partial charge is 0.501 e. The van der Waals surface area contributed by atoms with E-state index in [9.17, 15) is 0 Å². The van der Waals surface area contributed by atoms with Crippen LogP contribution in [0, 0.1) is 25.9 Å². The van der Waals surface area contributed by atoms with Gasteiger partial charge in [-0.05, 0) is 43.4 Å². The maximum atomic E-state index is 7.68. The number of fused-ring (bicyclic) bond motifs is 3. The fourth-order valence-electron chi connectivity index (χ4n) is 4.36. The number of pyridine rings is 2. The van der Waals surface area contributed by atoms with Gasteiger partial charge in [0.25, 0.3) is 0 Å². The minimum atomic E-state index is -2.18. The van der Waals surface area contributed by atoms with Gasteiger partial charge in [-0.25, -0.2) is 0 Å². The molecular weight excluding hydrogens is 661 g/mol. The summed E-state index contributed by atoms with van der Waals surface area (Å²) in [4.78, 5) is 8.68. The van der Waals surface area contributed by atoms with Gasteiger partial charge in [-0.3, -0.25) is 0 Å². The molecule has 0 saturated carbocycles. The molecule has 6 rings (SSSR count). The van der Waals surface area contributed by atoms with Crippen LogP contribution in [0.3, 0.4) is 0 Å². The second-order valence-corrected chi connectivity index (χ2v) is 15.1. The number of nitrogens with zero attached hydrogens (tertiary/aromatic N) is 2. The third kappa shape index (κ3) is 5.86. The van der Waals surface area contributed by atoms with Crippen LogP contribution in [0.2, 0.25) is 19.6 Å². The Labute approximate surface area is 243 Å². The second kappa shape index (κ2) is 11.6. The Morgan fingerprint density at radius 1 is 0.842 bits per heavy atom. The van der Waals surface area contributed by atoms with Crippen molar-refractivity contribution in [3.63, 3.8) is 0 Å². The molecule has 6 aromatic rings. The fraction of sp³-hybridized carbons (Fsp3) is 0.152. The minimum Gasteiger partial charge on any atom is -0.501 e. The molecule has 38 heavy (non-hydrogen) atoms. The number of aromatic nitrogens is 2. The molecule has 5 heteroatoms. The van der Waals surface area contributed by atoms with E-state index >= 15 is 0 Å². The number of hydrogen-bond donors (Lipinski definition) is 0. The molecule has 0 N–H and O–H groups in total. The maximum absolute atomic E-state index is 7.68. The molecule has 0 aliphatic heterocycles. The maximum Gasteiger partial charge on any atom is 0.120 e. The monoisotopic (exact) mass is 694 g/mol. The molecule has 3 heterocycles. The molecule has 0 amide bonds. The van der Waals surface area contributed by atoms with Crippen molar-refractivity contribution in [1.29, 1.82) is 0 Å². The Hall–Kier alpha value is -3.37. The molecule has 3 nitrogen and oxygen atoms in total. The SMILES string of the molecule is Cc1ccnc(-c2[c-]cccc2)c1.[2H]C([2H])([2H])c1ccnc(-c2[c-]cc([Si](C)(C)C)c3c2oc2ccccc23)c1.[Ir]. The van der Waals surface area contributed by atoms with Crippen molar-refractivity contribution in [2.45, 2.75) is 33.4 Å². The van der Waals surface area contributed by atoms with Gasteiger partial charge in [-0.15, -0.1) is 53.2 Å². The van der Waals surface area contributed by atoms with Gasteiger partial charge in [0.2, 0.25) is 0 Å². The zero-order valence-electron chi connectivity index (χ0n) is 24.8. The fourth-order valence-corrected chi connectivity index (χ4v) is 5.86. The van der Waals surface area contributed by atoms with Crippen LogP contribution in [0.25, 0.3) is 44.5 Å². The Bertz CT molecular complexity index is 1790. The first kappa shape index (κ1) is 23.7. The summed E-state index contributed by atoms with van der Waals surface area (Å²) in [5.41, 5.74) is 6.34. The van der Waals surface area contributed by atoms with Gasteiger partial charge >= 0.3 is 0 Å². The van der Waals surface area contributed by atoms with Crippen molar-refractivity contribution in [2.24, 2.45) is 0 Å². The third-order valence-corrected chi connectivity index (χ3v) is 8.19. The van der Waals surface area contributed by atoms with E-state index in [0.717, 1.165) is 33.2 Å². The predicted octanol–water partition coefficient (Wildman–Crippen LogP) is 8.16. The number of benzene rings is 3. The molecule has 0 bridgehead atoms. The Kier molecular flexibility index (Phi) is 7.22. The number of para-hydroxylation sites is 1. The molecular formula is C33H30IrN2OSi-2. The van der Waals surface area contributed by atoms with Gasteiger partial charge in [-0.2, -0.15) is 0 Å². The summed E-state index contributed by atoms with van der Waals surface area (Å²) in [5.74, 6) is 0. The van der Waals surface area contributed by atoms with Gasteiger partial charge in [0.1, 0.15) is 5.58 Å². The van der Waals surface area contributed by atoms with Crippen LogP contribution in [-0.2, 0) is 20.1 Å². The van der Waals surface area contributed by atoms with E-state index in [1.54, 1.807) is 6.07 Å². The number of rotatable bonds is 3. The van der Waals surface area contributed by atoms with Crippen molar-refractivity contribution >= 4 is 35.2 Å². The van der Waals surface area contributed by atoms with Crippen LogP contribution >= 0.6 is 0 Å². The molecule has 0 fully saturated rings. The van der Waals surface area contributed by atoms with Crippen LogP contribution < -0.4 is 5.19 Å². The van der Waals surface area contributed by atoms with E-state index in [1.807, 2.05) is 60.8 Å². The average Bonchev–Trinajstić information content (AvgIpc) is 3.32. The Balaban J connectivity index is 0.000000233. The van der Waals surface area contributed by atoms with Gasteiger partial charge in [0.15, 0.2) is 0 Å². The molecule has 0 unspecified atom stereocenters. The minimum absolute atomic E-state index is 0. The summed E-state index contributed by atoms with van der Waals surface area (Å²) in [6.07, 6.45) is 3.36. The van der Waals surface area contributed by atoms with E-state index < -0.39 is 14.9 Å². The first-order chi connectivity index (χ1) is 19.0. The van der Waals surface area contributed by atoms with E-state index in [0.29, 0.717) is 11.3 Å². The molecule has 0 saturated heterocycles. The first-order valence-electron chi connectivity index (χ1n) is 13.8. The van der Waals surface area contributed by atoms with Crippen LogP contribution in [-0.4, -0.2) is 18.0 Å². The molecule has 0 aliphatic rings. The van der Waals surface area contributed by atoms with Gasteiger partial charge < -0.3 is 14.4 Å². The van der Waals surface area contributed by atoms with Crippen molar-refractivity contribution in [3.05, 3.63) is 115 Å². The van der Waals surface area contributed by atoms with E-state index in [4.69, 9.17) is 8.53 Å². The zero-order valence-corrected chi connectivity index (χ0v) is 25.2. The Morgan fingerprint density at radius 2 is 1.55 bits per heavy atom. The molecule has 0 spiro atoms. The number of hydrogen-bond acceptors (Lipinski definition) is 3. The molecule has 3 aromatic heterocycles. The summed E-state index contributed by atoms with van der Waals surface area (Å²) in [5, 5.41) is 3.45. The molecule has 3 aromatic carbocycles. The summed E-state index contributed by atoms with van der Waals surface area (Å²) < 4.78 is 29.2. The van der Waals surface area contributed by atoms with E-state index in [-0.39, 0.29) is 25.7 Å². The Morgan fingerprint density at radius 3 is 2.29 bits per heavy atom. The molecule has 0 atom stereocenters. The molecule has 193 valence electrons. The molecule has 1 radical (unpaired) electrons. The summed E-state index contributed by atoms with van der Waals surface area (Å²) in [6, 6.07) is 31.6. The van der Waals surface area contributed by atoms with Crippen LogP contribution in [0.4, 0.5) is 0 Å². The summed E-state index contributed by atoms with van der Waals surface area (Å²) in [7, 11) is -1.65. The zero-order chi connectivity index (χ0) is 28.5.